The Labute approximate surface area is 130 Å². The van der Waals surface area contributed by atoms with E-state index in [1.165, 1.54) is 0 Å². The van der Waals surface area contributed by atoms with Crippen LogP contribution >= 0.6 is 11.6 Å². The molecule has 0 heterocycles. The number of hydrogen-bond acceptors (Lipinski definition) is 3. The summed E-state index contributed by atoms with van der Waals surface area (Å²) in [5.41, 5.74) is 0.185. The summed E-state index contributed by atoms with van der Waals surface area (Å²) >= 11 is 5.94. The van der Waals surface area contributed by atoms with Crippen LogP contribution in [0, 0.1) is 18.3 Å². The standard InChI is InChI=1S/C16H19ClN2O2/c1-12-9-13(5-6-14(12)17)21-10-15(20)19-16(11-18)7-3-2-4-8-16/h5-6,9H,2-4,7-8,10H2,1H3,(H,19,20). The maximum absolute atomic E-state index is 12.0. The summed E-state index contributed by atoms with van der Waals surface area (Å²) < 4.78 is 5.45. The van der Waals surface area contributed by atoms with Crippen LogP contribution in [0.25, 0.3) is 0 Å². The molecule has 2 rings (SSSR count). The second kappa shape index (κ2) is 6.82. The highest BCUT2D eigenvalue weighted by Gasteiger charge is 2.33. The number of nitriles is 1. The first kappa shape index (κ1) is 15.7. The van der Waals surface area contributed by atoms with Crippen molar-refractivity contribution in [3.63, 3.8) is 0 Å². The Morgan fingerprint density at radius 3 is 2.76 bits per heavy atom. The molecule has 21 heavy (non-hydrogen) atoms. The van der Waals surface area contributed by atoms with E-state index in [1.807, 2.05) is 6.92 Å². The van der Waals surface area contributed by atoms with Gasteiger partial charge in [-0.2, -0.15) is 5.26 Å². The minimum Gasteiger partial charge on any atom is -0.484 e. The molecular weight excluding hydrogens is 288 g/mol. The van der Waals surface area contributed by atoms with Crippen molar-refractivity contribution < 1.29 is 9.53 Å². The fourth-order valence-electron chi connectivity index (χ4n) is 2.58. The van der Waals surface area contributed by atoms with Crippen LogP contribution in [0.15, 0.2) is 18.2 Å². The summed E-state index contributed by atoms with van der Waals surface area (Å²) in [7, 11) is 0. The molecule has 1 aromatic rings. The topological polar surface area (TPSA) is 62.1 Å². The van der Waals surface area contributed by atoms with Crippen molar-refractivity contribution in [2.75, 3.05) is 6.61 Å². The van der Waals surface area contributed by atoms with Gasteiger partial charge in [0, 0.05) is 5.02 Å². The number of rotatable bonds is 4. The van der Waals surface area contributed by atoms with Gasteiger partial charge in [0.15, 0.2) is 6.61 Å². The third kappa shape index (κ3) is 4.12. The van der Waals surface area contributed by atoms with E-state index in [2.05, 4.69) is 11.4 Å². The lowest BCUT2D eigenvalue weighted by Crippen LogP contribution is -2.50. The molecule has 1 N–H and O–H groups in total. The van der Waals surface area contributed by atoms with Crippen LogP contribution in [-0.4, -0.2) is 18.1 Å². The minimum atomic E-state index is -0.714. The van der Waals surface area contributed by atoms with Crippen molar-refractivity contribution >= 4 is 17.5 Å². The van der Waals surface area contributed by atoms with Crippen molar-refractivity contribution in [3.05, 3.63) is 28.8 Å². The highest BCUT2D eigenvalue weighted by molar-refractivity contribution is 6.31. The smallest absolute Gasteiger partial charge is 0.259 e. The van der Waals surface area contributed by atoms with Crippen molar-refractivity contribution in [1.82, 2.24) is 5.32 Å². The molecule has 5 heteroatoms. The van der Waals surface area contributed by atoms with Crippen LogP contribution in [0.5, 0.6) is 5.75 Å². The highest BCUT2D eigenvalue weighted by Crippen LogP contribution is 2.27. The van der Waals surface area contributed by atoms with Crippen LogP contribution in [0.4, 0.5) is 0 Å². The van der Waals surface area contributed by atoms with Gasteiger partial charge in [-0.05, 0) is 43.5 Å². The molecule has 4 nitrogen and oxygen atoms in total. The molecule has 1 saturated carbocycles. The van der Waals surface area contributed by atoms with Gasteiger partial charge in [0.1, 0.15) is 11.3 Å². The lowest BCUT2D eigenvalue weighted by atomic mass is 9.83. The zero-order valence-corrected chi connectivity index (χ0v) is 12.9. The van der Waals surface area contributed by atoms with Crippen molar-refractivity contribution in [3.8, 4) is 11.8 Å². The van der Waals surface area contributed by atoms with Gasteiger partial charge in [-0.25, -0.2) is 0 Å². The first-order chi connectivity index (χ1) is 10.0. The van der Waals surface area contributed by atoms with Gasteiger partial charge in [-0.15, -0.1) is 0 Å². The minimum absolute atomic E-state index is 0.0928. The van der Waals surface area contributed by atoms with Crippen LogP contribution in [-0.2, 0) is 4.79 Å². The zero-order valence-electron chi connectivity index (χ0n) is 12.1. The number of nitrogens with zero attached hydrogens (tertiary/aromatic N) is 1. The van der Waals surface area contributed by atoms with Gasteiger partial charge in [0.25, 0.3) is 5.91 Å². The van der Waals surface area contributed by atoms with Gasteiger partial charge in [-0.3, -0.25) is 4.79 Å². The van der Waals surface area contributed by atoms with Crippen molar-refractivity contribution in [2.24, 2.45) is 0 Å². The van der Waals surface area contributed by atoms with Gasteiger partial charge in [0.2, 0.25) is 0 Å². The van der Waals surface area contributed by atoms with Crippen LogP contribution in [0.3, 0.4) is 0 Å². The van der Waals surface area contributed by atoms with Crippen LogP contribution in [0.2, 0.25) is 5.02 Å². The number of halogens is 1. The molecule has 1 amide bonds. The molecular formula is C16H19ClN2O2. The summed E-state index contributed by atoms with van der Waals surface area (Å²) in [6.07, 6.45) is 4.51. The molecule has 1 aliphatic carbocycles. The fraction of sp³-hybridized carbons (Fsp3) is 0.500. The SMILES string of the molecule is Cc1cc(OCC(=O)NC2(C#N)CCCCC2)ccc1Cl. The molecule has 0 radical (unpaired) electrons. The van der Waals surface area contributed by atoms with E-state index in [1.54, 1.807) is 18.2 Å². The average Bonchev–Trinajstić information content (AvgIpc) is 2.49. The van der Waals surface area contributed by atoms with Gasteiger partial charge in [0.05, 0.1) is 6.07 Å². The molecule has 0 unspecified atom stereocenters. The number of amides is 1. The summed E-state index contributed by atoms with van der Waals surface area (Å²) in [6.45, 7) is 1.78. The molecule has 0 bridgehead atoms. The van der Waals surface area contributed by atoms with E-state index in [9.17, 15) is 10.1 Å². The molecule has 0 saturated heterocycles. The molecule has 112 valence electrons. The number of benzene rings is 1. The van der Waals surface area contributed by atoms with E-state index >= 15 is 0 Å². The Kier molecular flexibility index (Phi) is 5.08. The second-order valence-corrected chi connectivity index (χ2v) is 5.91. The van der Waals surface area contributed by atoms with Crippen molar-refractivity contribution in [1.29, 1.82) is 5.26 Å². The zero-order chi connectivity index (χ0) is 15.3. The van der Waals surface area contributed by atoms with Gasteiger partial charge in [-0.1, -0.05) is 30.9 Å². The average molecular weight is 307 g/mol. The van der Waals surface area contributed by atoms with E-state index in [0.29, 0.717) is 10.8 Å². The summed E-state index contributed by atoms with van der Waals surface area (Å²) in [5, 5.41) is 12.8. The Bertz CT molecular complexity index is 560. The number of carbonyl (C=O) groups is 1. The number of ether oxygens (including phenoxy) is 1. The maximum Gasteiger partial charge on any atom is 0.259 e. The molecule has 1 aromatic carbocycles. The Morgan fingerprint density at radius 2 is 2.14 bits per heavy atom. The molecule has 0 spiro atoms. The Morgan fingerprint density at radius 1 is 1.43 bits per heavy atom. The summed E-state index contributed by atoms with van der Waals surface area (Å²) in [5.74, 6) is 0.341. The lowest BCUT2D eigenvalue weighted by Gasteiger charge is -2.31. The third-order valence-electron chi connectivity index (χ3n) is 3.80. The van der Waals surface area contributed by atoms with Crippen LogP contribution < -0.4 is 10.1 Å². The molecule has 0 aliphatic heterocycles. The Hall–Kier alpha value is -1.73. The van der Waals surface area contributed by atoms with E-state index in [0.717, 1.165) is 37.7 Å². The summed E-state index contributed by atoms with van der Waals surface area (Å²) in [4.78, 5) is 12.0. The lowest BCUT2D eigenvalue weighted by molar-refractivity contribution is -0.124. The maximum atomic E-state index is 12.0. The normalized spacial score (nSPS) is 16.8. The van der Waals surface area contributed by atoms with E-state index in [-0.39, 0.29) is 12.5 Å². The first-order valence-corrected chi connectivity index (χ1v) is 7.54. The first-order valence-electron chi connectivity index (χ1n) is 7.16. The predicted molar refractivity (Wildman–Crippen MR) is 81.3 cm³/mol. The number of hydrogen-bond donors (Lipinski definition) is 1. The molecule has 0 atom stereocenters. The highest BCUT2D eigenvalue weighted by atomic mass is 35.5. The second-order valence-electron chi connectivity index (χ2n) is 5.50. The molecule has 1 aliphatic rings. The van der Waals surface area contributed by atoms with Crippen LogP contribution in [0.1, 0.15) is 37.7 Å². The number of nitrogens with one attached hydrogen (secondary N) is 1. The third-order valence-corrected chi connectivity index (χ3v) is 4.22. The number of aryl methyl sites for hydroxylation is 1. The predicted octanol–water partition coefficient (Wildman–Crippen LogP) is 3.37. The van der Waals surface area contributed by atoms with Crippen molar-refractivity contribution in [2.45, 2.75) is 44.6 Å². The van der Waals surface area contributed by atoms with Gasteiger partial charge >= 0.3 is 0 Å². The van der Waals surface area contributed by atoms with Gasteiger partial charge < -0.3 is 10.1 Å². The number of carbonyl (C=O) groups excluding carboxylic acids is 1. The fourth-order valence-corrected chi connectivity index (χ4v) is 2.70. The molecule has 1 fully saturated rings. The monoisotopic (exact) mass is 306 g/mol. The Balaban J connectivity index is 1.89. The summed E-state index contributed by atoms with van der Waals surface area (Å²) in [6, 6.07) is 7.51. The quantitative estimate of drug-likeness (QED) is 0.927. The molecule has 0 aromatic heterocycles. The van der Waals surface area contributed by atoms with E-state index < -0.39 is 5.54 Å². The largest absolute Gasteiger partial charge is 0.484 e. The van der Waals surface area contributed by atoms with E-state index in [4.69, 9.17) is 16.3 Å².